The van der Waals surface area contributed by atoms with Crippen LogP contribution in [0.25, 0.3) is 0 Å². The number of guanidine groups is 1. The molecule has 1 aliphatic rings. The summed E-state index contributed by atoms with van der Waals surface area (Å²) in [5.74, 6) is 0.337. The molecule has 0 amide bonds. The Morgan fingerprint density at radius 3 is 2.58 bits per heavy atom. The van der Waals surface area contributed by atoms with Gasteiger partial charge in [-0.1, -0.05) is 25.1 Å². The summed E-state index contributed by atoms with van der Waals surface area (Å²) in [6.07, 6.45) is 0.949. The Morgan fingerprint density at radius 1 is 1.25 bits per heavy atom. The summed E-state index contributed by atoms with van der Waals surface area (Å²) in [6, 6.07) is 7.01. The van der Waals surface area contributed by atoms with Gasteiger partial charge >= 0.3 is 0 Å². The van der Waals surface area contributed by atoms with Gasteiger partial charge in [-0.2, -0.15) is 4.31 Å². The zero-order valence-corrected chi connectivity index (χ0v) is 15.2. The van der Waals surface area contributed by atoms with Gasteiger partial charge in [0.2, 0.25) is 10.0 Å². The molecule has 2 rings (SSSR count). The largest absolute Gasteiger partial charge is 0.370 e. The normalized spacial score (nSPS) is 17.8. The lowest BCUT2D eigenvalue weighted by Gasteiger charge is -2.32. The molecule has 0 aromatic heterocycles. The van der Waals surface area contributed by atoms with E-state index in [4.69, 9.17) is 5.73 Å². The van der Waals surface area contributed by atoms with Crippen LogP contribution in [0.1, 0.15) is 18.9 Å². The number of nitrogens with one attached hydrogen (secondary N) is 1. The van der Waals surface area contributed by atoms with Crippen LogP contribution < -0.4 is 11.1 Å². The predicted octanol–water partition coefficient (Wildman–Crippen LogP) is 0.437. The first-order valence-corrected chi connectivity index (χ1v) is 9.69. The van der Waals surface area contributed by atoms with E-state index in [2.05, 4.69) is 15.2 Å². The fraction of sp³-hybridized carbons (Fsp3) is 0.562. The number of aliphatic imine (C=N–C) groups is 1. The number of benzene rings is 1. The van der Waals surface area contributed by atoms with Crippen molar-refractivity contribution in [2.24, 2.45) is 10.7 Å². The van der Waals surface area contributed by atoms with E-state index in [0.717, 1.165) is 26.1 Å². The van der Waals surface area contributed by atoms with E-state index in [0.29, 0.717) is 29.5 Å². The van der Waals surface area contributed by atoms with Gasteiger partial charge in [0.1, 0.15) is 0 Å². The van der Waals surface area contributed by atoms with Crippen molar-refractivity contribution in [3.8, 4) is 0 Å². The highest BCUT2D eigenvalue weighted by Gasteiger charge is 2.29. The zero-order valence-electron chi connectivity index (χ0n) is 14.4. The molecule has 1 aromatic carbocycles. The summed E-state index contributed by atoms with van der Waals surface area (Å²) in [5, 5.41) is 2.99. The second-order valence-electron chi connectivity index (χ2n) is 5.94. The second kappa shape index (κ2) is 8.46. The molecule has 7 nitrogen and oxygen atoms in total. The molecule has 1 aromatic rings. The fourth-order valence-corrected chi connectivity index (χ4v) is 4.17. The predicted molar refractivity (Wildman–Crippen MR) is 96.3 cm³/mol. The third kappa shape index (κ3) is 4.68. The highest BCUT2D eigenvalue weighted by molar-refractivity contribution is 7.89. The fourth-order valence-electron chi connectivity index (χ4n) is 2.53. The van der Waals surface area contributed by atoms with E-state index in [-0.39, 0.29) is 6.54 Å². The molecular formula is C16H27N5O2S. The summed E-state index contributed by atoms with van der Waals surface area (Å²) in [4.78, 5) is 6.70. The Hall–Kier alpha value is -1.64. The van der Waals surface area contributed by atoms with Crippen LogP contribution in [0.2, 0.25) is 0 Å². The Bertz CT molecular complexity index is 667. The lowest BCUT2D eigenvalue weighted by Crippen LogP contribution is -2.47. The first-order valence-electron chi connectivity index (χ1n) is 8.25. The van der Waals surface area contributed by atoms with Crippen molar-refractivity contribution in [2.75, 3.05) is 39.8 Å². The minimum atomic E-state index is -3.50. The Kier molecular flexibility index (Phi) is 6.59. The van der Waals surface area contributed by atoms with Crippen molar-refractivity contribution in [3.05, 3.63) is 29.8 Å². The summed E-state index contributed by atoms with van der Waals surface area (Å²) >= 11 is 0. The van der Waals surface area contributed by atoms with Crippen molar-refractivity contribution in [1.82, 2.24) is 14.5 Å². The standard InChI is InChI=1S/C16H27N5O2S/c1-3-8-18-16(17)19-13-14-6-4-5-7-15(14)24(22,23)21-11-9-20(2)10-12-21/h4-7H,3,8-13H2,1-2H3,(H3,17,18,19). The van der Waals surface area contributed by atoms with Crippen molar-refractivity contribution in [3.63, 3.8) is 0 Å². The quantitative estimate of drug-likeness (QED) is 0.572. The molecule has 0 bridgehead atoms. The topological polar surface area (TPSA) is 91.0 Å². The average Bonchev–Trinajstić information content (AvgIpc) is 2.58. The number of hydrogen-bond donors (Lipinski definition) is 2. The molecule has 1 aliphatic heterocycles. The number of nitrogens with zero attached hydrogens (tertiary/aromatic N) is 3. The van der Waals surface area contributed by atoms with Crippen molar-refractivity contribution in [2.45, 2.75) is 24.8 Å². The lowest BCUT2D eigenvalue weighted by atomic mass is 10.2. The lowest BCUT2D eigenvalue weighted by molar-refractivity contribution is 0.222. The summed E-state index contributed by atoms with van der Waals surface area (Å²) < 4.78 is 27.4. The molecule has 24 heavy (non-hydrogen) atoms. The van der Waals surface area contributed by atoms with Crippen LogP contribution >= 0.6 is 0 Å². The number of sulfonamides is 1. The molecule has 0 atom stereocenters. The van der Waals surface area contributed by atoms with Crippen LogP contribution in [0.15, 0.2) is 34.2 Å². The van der Waals surface area contributed by atoms with Crippen molar-refractivity contribution in [1.29, 1.82) is 0 Å². The molecule has 0 radical (unpaired) electrons. The van der Waals surface area contributed by atoms with Crippen LogP contribution in [0, 0.1) is 0 Å². The van der Waals surface area contributed by atoms with Gasteiger partial charge in [-0.25, -0.2) is 13.4 Å². The molecule has 0 saturated carbocycles. The van der Waals surface area contributed by atoms with Gasteiger partial charge in [0.05, 0.1) is 11.4 Å². The van der Waals surface area contributed by atoms with Crippen LogP contribution in [0.3, 0.4) is 0 Å². The molecular weight excluding hydrogens is 326 g/mol. The maximum Gasteiger partial charge on any atom is 0.243 e. The molecule has 1 heterocycles. The van der Waals surface area contributed by atoms with E-state index >= 15 is 0 Å². The molecule has 8 heteroatoms. The highest BCUT2D eigenvalue weighted by atomic mass is 32.2. The van der Waals surface area contributed by atoms with Gasteiger partial charge < -0.3 is 16.0 Å². The van der Waals surface area contributed by atoms with E-state index in [1.807, 2.05) is 20.0 Å². The summed E-state index contributed by atoms with van der Waals surface area (Å²) in [5.41, 5.74) is 6.46. The Labute approximate surface area is 144 Å². The molecule has 1 saturated heterocycles. The van der Waals surface area contributed by atoms with E-state index in [9.17, 15) is 8.42 Å². The number of nitrogens with two attached hydrogens (primary N) is 1. The highest BCUT2D eigenvalue weighted by Crippen LogP contribution is 2.22. The minimum absolute atomic E-state index is 0.242. The van der Waals surface area contributed by atoms with E-state index < -0.39 is 10.0 Å². The first-order chi connectivity index (χ1) is 11.4. The molecule has 1 fully saturated rings. The maximum atomic E-state index is 12.9. The minimum Gasteiger partial charge on any atom is -0.370 e. The van der Waals surface area contributed by atoms with Gasteiger partial charge in [0.15, 0.2) is 5.96 Å². The average molecular weight is 353 g/mol. The third-order valence-electron chi connectivity index (χ3n) is 4.03. The number of likely N-dealkylation sites (N-methyl/N-ethyl adjacent to an activating group) is 1. The van der Waals surface area contributed by atoms with Crippen molar-refractivity contribution < 1.29 is 8.42 Å². The third-order valence-corrected chi connectivity index (χ3v) is 6.03. The zero-order chi connectivity index (χ0) is 17.6. The molecule has 0 spiro atoms. The Balaban J connectivity index is 2.18. The maximum absolute atomic E-state index is 12.9. The molecule has 134 valence electrons. The summed E-state index contributed by atoms with van der Waals surface area (Å²) in [7, 11) is -1.51. The number of rotatable bonds is 6. The second-order valence-corrected chi connectivity index (χ2v) is 7.85. The van der Waals surface area contributed by atoms with Gasteiger partial charge in [-0.05, 0) is 25.1 Å². The number of hydrogen-bond acceptors (Lipinski definition) is 4. The Morgan fingerprint density at radius 2 is 1.92 bits per heavy atom. The van der Waals surface area contributed by atoms with Gasteiger partial charge in [0, 0.05) is 32.7 Å². The first kappa shape index (κ1) is 18.7. The molecule has 3 N–H and O–H groups in total. The molecule has 0 unspecified atom stereocenters. The van der Waals surface area contributed by atoms with Gasteiger partial charge in [-0.3, -0.25) is 0 Å². The van der Waals surface area contributed by atoms with E-state index in [1.165, 1.54) is 0 Å². The smallest absolute Gasteiger partial charge is 0.243 e. The van der Waals surface area contributed by atoms with Crippen LogP contribution in [0.4, 0.5) is 0 Å². The van der Waals surface area contributed by atoms with Crippen LogP contribution in [-0.2, 0) is 16.6 Å². The van der Waals surface area contributed by atoms with Crippen LogP contribution in [0.5, 0.6) is 0 Å². The van der Waals surface area contributed by atoms with Gasteiger partial charge in [0.25, 0.3) is 0 Å². The number of piperazine rings is 1. The van der Waals surface area contributed by atoms with Crippen molar-refractivity contribution >= 4 is 16.0 Å². The van der Waals surface area contributed by atoms with Crippen LogP contribution in [-0.4, -0.2) is 63.4 Å². The van der Waals surface area contributed by atoms with Gasteiger partial charge in [-0.15, -0.1) is 0 Å². The summed E-state index contributed by atoms with van der Waals surface area (Å²) in [6.45, 7) is 5.54. The monoisotopic (exact) mass is 353 g/mol. The SMILES string of the molecule is CCCNC(N)=NCc1ccccc1S(=O)(=O)N1CCN(C)CC1. The molecule has 0 aliphatic carbocycles. The van der Waals surface area contributed by atoms with E-state index in [1.54, 1.807) is 22.5 Å².